The average Bonchev–Trinajstić information content (AvgIpc) is 2.80. The second-order valence-electron chi connectivity index (χ2n) is 4.59. The highest BCUT2D eigenvalue weighted by molar-refractivity contribution is 5.12. The average molecular weight is 253 g/mol. The number of rotatable bonds is 9. The molecule has 0 spiro atoms. The van der Waals surface area contributed by atoms with E-state index < -0.39 is 0 Å². The lowest BCUT2D eigenvalue weighted by Crippen LogP contribution is -2.31. The van der Waals surface area contributed by atoms with Crippen LogP contribution in [0.25, 0.3) is 0 Å². The van der Waals surface area contributed by atoms with Crippen molar-refractivity contribution in [3.8, 4) is 0 Å². The van der Waals surface area contributed by atoms with E-state index in [4.69, 9.17) is 4.74 Å². The summed E-state index contributed by atoms with van der Waals surface area (Å²) >= 11 is 0. The van der Waals surface area contributed by atoms with Crippen LogP contribution < -0.4 is 5.32 Å². The predicted molar refractivity (Wildman–Crippen MR) is 74.6 cm³/mol. The first-order valence-electron chi connectivity index (χ1n) is 7.07. The minimum absolute atomic E-state index is 0.226. The van der Waals surface area contributed by atoms with Gasteiger partial charge >= 0.3 is 0 Å². The van der Waals surface area contributed by atoms with Crippen LogP contribution in [-0.4, -0.2) is 29.5 Å². The highest BCUT2D eigenvalue weighted by Crippen LogP contribution is 2.22. The fraction of sp³-hybridized carbons (Fsp3) is 0.786. The molecule has 1 N–H and O–H groups in total. The number of aryl methyl sites for hydroxylation is 1. The molecule has 0 radical (unpaired) electrons. The molecule has 1 aromatic heterocycles. The Bertz CT molecular complexity index is 319. The summed E-state index contributed by atoms with van der Waals surface area (Å²) in [4.78, 5) is 0. The van der Waals surface area contributed by atoms with E-state index in [0.717, 1.165) is 32.4 Å². The third kappa shape index (κ3) is 4.10. The van der Waals surface area contributed by atoms with Crippen LogP contribution in [0.4, 0.5) is 0 Å². The zero-order chi connectivity index (χ0) is 13.4. The van der Waals surface area contributed by atoms with E-state index in [9.17, 15) is 0 Å². The van der Waals surface area contributed by atoms with Gasteiger partial charge in [-0.05, 0) is 26.8 Å². The summed E-state index contributed by atoms with van der Waals surface area (Å²) in [6, 6.07) is 0.232. The van der Waals surface area contributed by atoms with Gasteiger partial charge in [-0.15, -0.1) is 0 Å². The van der Waals surface area contributed by atoms with Gasteiger partial charge in [-0.25, -0.2) is 0 Å². The van der Waals surface area contributed by atoms with Crippen LogP contribution in [0, 0.1) is 0 Å². The Morgan fingerprint density at radius 2 is 2.11 bits per heavy atom. The summed E-state index contributed by atoms with van der Waals surface area (Å²) in [5.74, 6) is 0. The van der Waals surface area contributed by atoms with Crippen molar-refractivity contribution >= 4 is 0 Å². The molecule has 0 bridgehead atoms. The summed E-state index contributed by atoms with van der Waals surface area (Å²) < 4.78 is 7.87. The minimum Gasteiger partial charge on any atom is -0.377 e. The number of aromatic nitrogens is 2. The van der Waals surface area contributed by atoms with Crippen LogP contribution in [-0.2, 0) is 11.3 Å². The molecular weight excluding hydrogens is 226 g/mol. The molecule has 1 rings (SSSR count). The summed E-state index contributed by atoms with van der Waals surface area (Å²) in [5, 5.41) is 7.76. The number of nitrogens with zero attached hydrogens (tertiary/aromatic N) is 2. The van der Waals surface area contributed by atoms with E-state index in [1.54, 1.807) is 0 Å². The van der Waals surface area contributed by atoms with Crippen LogP contribution in [0.3, 0.4) is 0 Å². The maximum atomic E-state index is 5.86. The Labute approximate surface area is 111 Å². The number of nitrogens with one attached hydrogen (secondary N) is 1. The van der Waals surface area contributed by atoms with E-state index in [2.05, 4.69) is 37.4 Å². The number of hydrogen-bond acceptors (Lipinski definition) is 3. The minimum atomic E-state index is 0.226. The Morgan fingerprint density at radius 1 is 1.33 bits per heavy atom. The lowest BCUT2D eigenvalue weighted by molar-refractivity contribution is 0.0295. The first kappa shape index (κ1) is 15.2. The monoisotopic (exact) mass is 253 g/mol. The van der Waals surface area contributed by atoms with Crippen molar-refractivity contribution in [2.45, 2.75) is 58.7 Å². The van der Waals surface area contributed by atoms with Gasteiger partial charge in [0, 0.05) is 24.9 Å². The molecule has 0 fully saturated rings. The molecule has 0 aliphatic rings. The molecule has 0 aliphatic heterocycles. The predicted octanol–water partition coefficient (Wildman–Crippen LogP) is 2.76. The lowest BCUT2D eigenvalue weighted by atomic mass is 10.0. The van der Waals surface area contributed by atoms with E-state index in [1.165, 1.54) is 5.56 Å². The van der Waals surface area contributed by atoms with Gasteiger partial charge in [-0.1, -0.05) is 20.3 Å². The maximum Gasteiger partial charge on any atom is 0.0770 e. The van der Waals surface area contributed by atoms with Crippen molar-refractivity contribution in [3.05, 3.63) is 18.0 Å². The van der Waals surface area contributed by atoms with Crippen LogP contribution in [0.2, 0.25) is 0 Å². The molecule has 0 aliphatic carbocycles. The molecule has 4 heteroatoms. The normalized spacial score (nSPS) is 14.7. The number of hydrogen-bond donors (Lipinski definition) is 1. The zero-order valence-electron chi connectivity index (χ0n) is 12.1. The number of ether oxygens (including phenoxy) is 1. The first-order valence-corrected chi connectivity index (χ1v) is 7.07. The Hall–Kier alpha value is -0.870. The van der Waals surface area contributed by atoms with Gasteiger partial charge in [0.2, 0.25) is 0 Å². The molecular formula is C14H27N3O. The molecule has 1 heterocycles. The van der Waals surface area contributed by atoms with Crippen LogP contribution in [0.5, 0.6) is 0 Å². The van der Waals surface area contributed by atoms with E-state index in [0.29, 0.717) is 0 Å². The second kappa shape index (κ2) is 8.27. The van der Waals surface area contributed by atoms with Gasteiger partial charge in [0.15, 0.2) is 0 Å². The topological polar surface area (TPSA) is 39.1 Å². The van der Waals surface area contributed by atoms with E-state index in [1.807, 2.05) is 17.9 Å². The van der Waals surface area contributed by atoms with Crippen molar-refractivity contribution in [2.24, 2.45) is 0 Å². The lowest BCUT2D eigenvalue weighted by Gasteiger charge is -2.25. The summed E-state index contributed by atoms with van der Waals surface area (Å²) in [5.41, 5.74) is 1.22. The highest BCUT2D eigenvalue weighted by atomic mass is 16.5. The van der Waals surface area contributed by atoms with Gasteiger partial charge in [0.1, 0.15) is 0 Å². The molecule has 4 nitrogen and oxygen atoms in total. The van der Waals surface area contributed by atoms with Crippen molar-refractivity contribution < 1.29 is 4.74 Å². The number of likely N-dealkylation sites (N-methyl/N-ethyl adjacent to an activating group) is 1. The van der Waals surface area contributed by atoms with Crippen molar-refractivity contribution in [3.63, 3.8) is 0 Å². The third-order valence-corrected chi connectivity index (χ3v) is 3.10. The summed E-state index contributed by atoms with van der Waals surface area (Å²) in [7, 11) is 1.99. The van der Waals surface area contributed by atoms with Gasteiger partial charge in [0.05, 0.1) is 18.3 Å². The molecule has 2 unspecified atom stereocenters. The molecule has 2 atom stereocenters. The fourth-order valence-corrected chi connectivity index (χ4v) is 2.30. The zero-order valence-corrected chi connectivity index (χ0v) is 12.1. The third-order valence-electron chi connectivity index (χ3n) is 3.10. The van der Waals surface area contributed by atoms with Crippen LogP contribution in [0.1, 0.15) is 51.6 Å². The second-order valence-corrected chi connectivity index (χ2v) is 4.59. The summed E-state index contributed by atoms with van der Waals surface area (Å²) in [6.07, 6.45) is 7.62. The SMILES string of the molecule is CCCC(OCC)C(NC)c1cnn(CCC)c1. The van der Waals surface area contributed by atoms with Crippen molar-refractivity contribution in [2.75, 3.05) is 13.7 Å². The fourth-order valence-electron chi connectivity index (χ4n) is 2.30. The van der Waals surface area contributed by atoms with Gasteiger partial charge in [-0.3, -0.25) is 4.68 Å². The summed E-state index contributed by atoms with van der Waals surface area (Å²) in [6.45, 7) is 8.14. The van der Waals surface area contributed by atoms with Gasteiger partial charge in [-0.2, -0.15) is 5.10 Å². The van der Waals surface area contributed by atoms with Crippen molar-refractivity contribution in [1.29, 1.82) is 0 Å². The van der Waals surface area contributed by atoms with Gasteiger partial charge in [0.25, 0.3) is 0 Å². The molecule has 104 valence electrons. The standard InChI is InChI=1S/C14H27N3O/c1-5-8-13(18-7-3)14(15-4)12-10-16-17(11-12)9-6-2/h10-11,13-15H,5-9H2,1-4H3. The largest absolute Gasteiger partial charge is 0.377 e. The van der Waals surface area contributed by atoms with E-state index in [-0.39, 0.29) is 12.1 Å². The molecule has 1 aromatic rings. The highest BCUT2D eigenvalue weighted by Gasteiger charge is 2.22. The smallest absolute Gasteiger partial charge is 0.0770 e. The van der Waals surface area contributed by atoms with Crippen LogP contribution >= 0.6 is 0 Å². The van der Waals surface area contributed by atoms with Crippen LogP contribution in [0.15, 0.2) is 12.4 Å². The molecule has 18 heavy (non-hydrogen) atoms. The Morgan fingerprint density at radius 3 is 2.67 bits per heavy atom. The Kier molecular flexibility index (Phi) is 6.98. The van der Waals surface area contributed by atoms with Gasteiger partial charge < -0.3 is 10.1 Å². The Balaban J connectivity index is 2.77. The molecule has 0 saturated carbocycles. The molecule has 0 aromatic carbocycles. The van der Waals surface area contributed by atoms with Crippen molar-refractivity contribution in [1.82, 2.24) is 15.1 Å². The molecule has 0 amide bonds. The first-order chi connectivity index (χ1) is 8.76. The quantitative estimate of drug-likeness (QED) is 0.735. The molecule has 0 saturated heterocycles. The van der Waals surface area contributed by atoms with E-state index >= 15 is 0 Å². The maximum absolute atomic E-state index is 5.86.